The van der Waals surface area contributed by atoms with Crippen molar-refractivity contribution in [3.8, 4) is 5.75 Å². The number of nitrogens with one attached hydrogen (secondary N) is 2. The minimum absolute atomic E-state index is 0.508. The van der Waals surface area contributed by atoms with Gasteiger partial charge in [0, 0.05) is 12.2 Å². The summed E-state index contributed by atoms with van der Waals surface area (Å²) in [6, 6.07) is 18.2. The summed E-state index contributed by atoms with van der Waals surface area (Å²) in [6.07, 6.45) is 3.81. The van der Waals surface area contributed by atoms with Gasteiger partial charge in [-0.05, 0) is 54.9 Å². The molecule has 0 atom stereocenters. The predicted molar refractivity (Wildman–Crippen MR) is 101 cm³/mol. The molecule has 0 saturated heterocycles. The van der Waals surface area contributed by atoms with Crippen LogP contribution in [0.15, 0.2) is 67.3 Å². The van der Waals surface area contributed by atoms with Crippen LogP contribution in [0.25, 0.3) is 0 Å². The molecule has 0 heterocycles. The van der Waals surface area contributed by atoms with Crippen molar-refractivity contribution >= 4 is 23.0 Å². The molecular weight excluding hydrogens is 304 g/mol. The summed E-state index contributed by atoms with van der Waals surface area (Å²) in [4.78, 5) is 0. The van der Waals surface area contributed by atoms with Gasteiger partial charge in [0.05, 0.1) is 0 Å². The van der Waals surface area contributed by atoms with Gasteiger partial charge in [-0.3, -0.25) is 0 Å². The Morgan fingerprint density at radius 1 is 1.09 bits per heavy atom. The first-order valence-electron chi connectivity index (χ1n) is 7.70. The van der Waals surface area contributed by atoms with Gasteiger partial charge >= 0.3 is 0 Å². The van der Waals surface area contributed by atoms with Crippen LogP contribution in [0.3, 0.4) is 0 Å². The van der Waals surface area contributed by atoms with E-state index in [-0.39, 0.29) is 0 Å². The number of benzene rings is 2. The molecule has 0 aliphatic heterocycles. The van der Waals surface area contributed by atoms with Gasteiger partial charge < -0.3 is 15.4 Å². The van der Waals surface area contributed by atoms with E-state index in [1.54, 1.807) is 6.08 Å². The third-order valence-electron chi connectivity index (χ3n) is 3.25. The largest absolute Gasteiger partial charge is 0.490 e. The molecule has 2 aromatic carbocycles. The van der Waals surface area contributed by atoms with E-state index in [9.17, 15) is 0 Å². The van der Waals surface area contributed by atoms with E-state index in [0.717, 1.165) is 30.8 Å². The highest BCUT2D eigenvalue weighted by Crippen LogP contribution is 2.15. The van der Waals surface area contributed by atoms with E-state index in [4.69, 9.17) is 17.0 Å². The molecule has 2 N–H and O–H groups in total. The molecule has 0 aromatic heterocycles. The Labute approximate surface area is 143 Å². The fraction of sp³-hybridized carbons (Fsp3) is 0.211. The van der Waals surface area contributed by atoms with Crippen LogP contribution in [0.2, 0.25) is 0 Å². The Kier molecular flexibility index (Phi) is 7.14. The first-order valence-corrected chi connectivity index (χ1v) is 8.11. The standard InChI is InChI=1S/C19H22N2OS/c1-2-15-22-18-12-10-17(11-13-18)21-19(23)20-14-6-9-16-7-4-3-5-8-16/h2-5,7-8,10-13H,1,6,9,14-15H2,(H2,20,21,23). The number of rotatable bonds is 8. The highest BCUT2D eigenvalue weighted by Gasteiger charge is 1.99. The zero-order valence-corrected chi connectivity index (χ0v) is 13.9. The molecule has 0 aliphatic rings. The molecule has 0 aliphatic carbocycles. The molecule has 0 amide bonds. The zero-order valence-electron chi connectivity index (χ0n) is 13.1. The highest BCUT2D eigenvalue weighted by molar-refractivity contribution is 7.80. The third-order valence-corrected chi connectivity index (χ3v) is 3.50. The summed E-state index contributed by atoms with van der Waals surface area (Å²) in [5, 5.41) is 7.03. The van der Waals surface area contributed by atoms with Crippen molar-refractivity contribution in [3.05, 3.63) is 72.8 Å². The molecule has 2 aromatic rings. The molecule has 0 unspecified atom stereocenters. The van der Waals surface area contributed by atoms with E-state index in [0.29, 0.717) is 11.7 Å². The molecule has 0 saturated carbocycles. The summed E-state index contributed by atoms with van der Waals surface area (Å²) >= 11 is 5.30. The van der Waals surface area contributed by atoms with Crippen LogP contribution < -0.4 is 15.4 Å². The molecule has 120 valence electrons. The number of ether oxygens (including phenoxy) is 1. The topological polar surface area (TPSA) is 33.3 Å². The second-order valence-electron chi connectivity index (χ2n) is 5.09. The molecule has 0 radical (unpaired) electrons. The Morgan fingerprint density at radius 3 is 2.52 bits per heavy atom. The van der Waals surface area contributed by atoms with Crippen molar-refractivity contribution in [2.45, 2.75) is 12.8 Å². The molecular formula is C19H22N2OS. The van der Waals surface area contributed by atoms with Gasteiger partial charge in [0.15, 0.2) is 5.11 Å². The number of hydrogen-bond acceptors (Lipinski definition) is 2. The molecule has 23 heavy (non-hydrogen) atoms. The summed E-state index contributed by atoms with van der Waals surface area (Å²) in [7, 11) is 0. The van der Waals surface area contributed by atoms with Gasteiger partial charge in [-0.15, -0.1) is 0 Å². The normalized spacial score (nSPS) is 9.91. The predicted octanol–water partition coefficient (Wildman–Crippen LogP) is 4.17. The maximum atomic E-state index is 5.44. The highest BCUT2D eigenvalue weighted by atomic mass is 32.1. The molecule has 0 bridgehead atoms. The summed E-state index contributed by atoms with van der Waals surface area (Å²) in [5.41, 5.74) is 2.29. The molecule has 0 fully saturated rings. The van der Waals surface area contributed by atoms with Crippen molar-refractivity contribution < 1.29 is 4.74 Å². The van der Waals surface area contributed by atoms with E-state index in [1.165, 1.54) is 5.56 Å². The third kappa shape index (κ3) is 6.53. The van der Waals surface area contributed by atoms with Crippen LogP contribution in [-0.2, 0) is 6.42 Å². The van der Waals surface area contributed by atoms with E-state index >= 15 is 0 Å². The first-order chi connectivity index (χ1) is 11.3. The maximum Gasteiger partial charge on any atom is 0.170 e. The van der Waals surface area contributed by atoms with Crippen molar-refractivity contribution in [2.75, 3.05) is 18.5 Å². The van der Waals surface area contributed by atoms with Crippen LogP contribution in [-0.4, -0.2) is 18.3 Å². The molecule has 0 spiro atoms. The van der Waals surface area contributed by atoms with Crippen molar-refractivity contribution in [1.82, 2.24) is 5.32 Å². The Bertz CT molecular complexity index is 611. The van der Waals surface area contributed by atoms with Crippen LogP contribution in [0, 0.1) is 0 Å². The van der Waals surface area contributed by atoms with Crippen LogP contribution in [0.4, 0.5) is 5.69 Å². The van der Waals surface area contributed by atoms with Crippen molar-refractivity contribution in [3.63, 3.8) is 0 Å². The van der Waals surface area contributed by atoms with Gasteiger partial charge in [0.1, 0.15) is 12.4 Å². The number of thiocarbonyl (C=S) groups is 1. The quantitative estimate of drug-likeness (QED) is 0.433. The number of aryl methyl sites for hydroxylation is 1. The SMILES string of the molecule is C=CCOc1ccc(NC(=S)NCCCc2ccccc2)cc1. The fourth-order valence-electron chi connectivity index (χ4n) is 2.10. The second-order valence-corrected chi connectivity index (χ2v) is 5.50. The van der Waals surface area contributed by atoms with Crippen LogP contribution >= 0.6 is 12.2 Å². The minimum Gasteiger partial charge on any atom is -0.490 e. The van der Waals surface area contributed by atoms with Crippen LogP contribution in [0.1, 0.15) is 12.0 Å². The zero-order chi connectivity index (χ0) is 16.3. The molecule has 4 heteroatoms. The lowest BCUT2D eigenvalue weighted by Gasteiger charge is -2.11. The lowest BCUT2D eigenvalue weighted by Crippen LogP contribution is -2.29. The molecule has 3 nitrogen and oxygen atoms in total. The van der Waals surface area contributed by atoms with E-state index in [2.05, 4.69) is 41.5 Å². The summed E-state index contributed by atoms with van der Waals surface area (Å²) in [6.45, 7) is 4.98. The smallest absolute Gasteiger partial charge is 0.170 e. The lowest BCUT2D eigenvalue weighted by atomic mass is 10.1. The maximum absolute atomic E-state index is 5.44. The average molecular weight is 326 g/mol. The monoisotopic (exact) mass is 326 g/mol. The van der Waals surface area contributed by atoms with E-state index < -0.39 is 0 Å². The Balaban J connectivity index is 1.67. The molecule has 2 rings (SSSR count). The van der Waals surface area contributed by atoms with E-state index in [1.807, 2.05) is 30.3 Å². The van der Waals surface area contributed by atoms with Gasteiger partial charge in [0.25, 0.3) is 0 Å². The minimum atomic E-state index is 0.508. The summed E-state index contributed by atoms with van der Waals surface area (Å²) in [5.74, 6) is 0.817. The lowest BCUT2D eigenvalue weighted by molar-refractivity contribution is 0.363. The number of hydrogen-bond donors (Lipinski definition) is 2. The summed E-state index contributed by atoms with van der Waals surface area (Å²) < 4.78 is 5.44. The van der Waals surface area contributed by atoms with Crippen LogP contribution in [0.5, 0.6) is 5.75 Å². The van der Waals surface area contributed by atoms with Gasteiger partial charge in [0.2, 0.25) is 0 Å². The fourth-order valence-corrected chi connectivity index (χ4v) is 2.32. The Morgan fingerprint density at radius 2 is 1.83 bits per heavy atom. The first kappa shape index (κ1) is 17.0. The number of anilines is 1. The van der Waals surface area contributed by atoms with Crippen molar-refractivity contribution in [2.24, 2.45) is 0 Å². The second kappa shape index (κ2) is 9.64. The van der Waals surface area contributed by atoms with Gasteiger partial charge in [-0.25, -0.2) is 0 Å². The average Bonchev–Trinajstić information content (AvgIpc) is 2.59. The van der Waals surface area contributed by atoms with Crippen molar-refractivity contribution in [1.29, 1.82) is 0 Å². The van der Waals surface area contributed by atoms with Gasteiger partial charge in [-0.1, -0.05) is 43.0 Å². The van der Waals surface area contributed by atoms with Gasteiger partial charge in [-0.2, -0.15) is 0 Å². The Hall–Kier alpha value is -2.33.